The molecule has 2 aromatic rings. The van der Waals surface area contributed by atoms with Gasteiger partial charge >= 0.3 is 0 Å². The topological polar surface area (TPSA) is 50.9 Å². The SMILES string of the molecule is Cc1ccc(C(NN)c2ccc(Cl)nc2)cc1F. The Morgan fingerprint density at radius 3 is 2.56 bits per heavy atom. The smallest absolute Gasteiger partial charge is 0.129 e. The van der Waals surface area contributed by atoms with Crippen LogP contribution in [0, 0.1) is 12.7 Å². The summed E-state index contributed by atoms with van der Waals surface area (Å²) in [6, 6.07) is 8.18. The van der Waals surface area contributed by atoms with Gasteiger partial charge in [-0.1, -0.05) is 29.8 Å². The van der Waals surface area contributed by atoms with E-state index in [4.69, 9.17) is 17.4 Å². The van der Waals surface area contributed by atoms with Crippen molar-refractivity contribution in [1.82, 2.24) is 10.4 Å². The molecule has 1 aromatic heterocycles. The molecular weight excluding hydrogens is 253 g/mol. The summed E-state index contributed by atoms with van der Waals surface area (Å²) >= 11 is 5.73. The van der Waals surface area contributed by atoms with E-state index in [1.54, 1.807) is 31.3 Å². The second-order valence-electron chi connectivity index (χ2n) is 4.02. The zero-order valence-corrected chi connectivity index (χ0v) is 10.6. The average Bonchev–Trinajstić information content (AvgIpc) is 2.37. The number of hydrogen-bond donors (Lipinski definition) is 2. The molecule has 18 heavy (non-hydrogen) atoms. The van der Waals surface area contributed by atoms with Crippen LogP contribution in [0.5, 0.6) is 0 Å². The average molecular weight is 266 g/mol. The second kappa shape index (κ2) is 5.44. The van der Waals surface area contributed by atoms with E-state index < -0.39 is 0 Å². The number of hydrogen-bond acceptors (Lipinski definition) is 3. The van der Waals surface area contributed by atoms with Crippen molar-refractivity contribution in [2.75, 3.05) is 0 Å². The quantitative estimate of drug-likeness (QED) is 0.510. The standard InChI is InChI=1S/C13H13ClFN3/c1-8-2-3-9(6-11(8)15)13(18-16)10-4-5-12(14)17-7-10/h2-7,13,18H,16H2,1H3. The van der Waals surface area contributed by atoms with Gasteiger partial charge in [0.1, 0.15) is 11.0 Å². The van der Waals surface area contributed by atoms with Gasteiger partial charge in [0.25, 0.3) is 0 Å². The minimum absolute atomic E-state index is 0.255. The van der Waals surface area contributed by atoms with Crippen LogP contribution in [0.3, 0.4) is 0 Å². The fraction of sp³-hybridized carbons (Fsp3) is 0.154. The van der Waals surface area contributed by atoms with Crippen LogP contribution in [-0.2, 0) is 0 Å². The zero-order valence-electron chi connectivity index (χ0n) is 9.82. The van der Waals surface area contributed by atoms with Gasteiger partial charge in [-0.05, 0) is 35.7 Å². The summed E-state index contributed by atoms with van der Waals surface area (Å²) in [7, 11) is 0. The van der Waals surface area contributed by atoms with Gasteiger partial charge in [-0.2, -0.15) is 0 Å². The highest BCUT2D eigenvalue weighted by Crippen LogP contribution is 2.23. The summed E-state index contributed by atoms with van der Waals surface area (Å²) in [5.74, 6) is 5.27. The van der Waals surface area contributed by atoms with E-state index in [0.717, 1.165) is 11.1 Å². The molecule has 2 rings (SSSR count). The largest absolute Gasteiger partial charge is 0.271 e. The molecule has 0 aliphatic heterocycles. The number of nitrogens with one attached hydrogen (secondary N) is 1. The molecule has 1 unspecified atom stereocenters. The first-order chi connectivity index (χ1) is 8.61. The van der Waals surface area contributed by atoms with Crippen LogP contribution in [-0.4, -0.2) is 4.98 Å². The Balaban J connectivity index is 2.38. The van der Waals surface area contributed by atoms with E-state index in [-0.39, 0.29) is 11.9 Å². The Kier molecular flexibility index (Phi) is 3.91. The number of nitrogens with zero attached hydrogens (tertiary/aromatic N) is 1. The number of aromatic nitrogens is 1. The Bertz CT molecular complexity index is 542. The first-order valence-electron chi connectivity index (χ1n) is 5.45. The van der Waals surface area contributed by atoms with E-state index in [0.29, 0.717) is 10.7 Å². The van der Waals surface area contributed by atoms with Crippen LogP contribution in [0.4, 0.5) is 4.39 Å². The molecule has 5 heteroatoms. The zero-order chi connectivity index (χ0) is 13.1. The molecule has 0 amide bonds. The minimum Gasteiger partial charge on any atom is -0.271 e. The number of nitrogens with two attached hydrogens (primary N) is 1. The molecule has 0 fully saturated rings. The van der Waals surface area contributed by atoms with Gasteiger partial charge in [0.05, 0.1) is 6.04 Å². The Morgan fingerprint density at radius 1 is 1.28 bits per heavy atom. The lowest BCUT2D eigenvalue weighted by molar-refractivity contribution is 0.598. The number of hydrazine groups is 1. The molecule has 1 heterocycles. The van der Waals surface area contributed by atoms with E-state index in [2.05, 4.69) is 10.4 Å². The third kappa shape index (κ3) is 2.67. The van der Waals surface area contributed by atoms with Crippen molar-refractivity contribution in [3.8, 4) is 0 Å². The van der Waals surface area contributed by atoms with Crippen LogP contribution < -0.4 is 11.3 Å². The molecule has 0 bridgehead atoms. The van der Waals surface area contributed by atoms with E-state index >= 15 is 0 Å². The highest BCUT2D eigenvalue weighted by molar-refractivity contribution is 6.29. The van der Waals surface area contributed by atoms with Crippen molar-refractivity contribution >= 4 is 11.6 Å². The van der Waals surface area contributed by atoms with Gasteiger partial charge in [-0.15, -0.1) is 0 Å². The normalized spacial score (nSPS) is 12.4. The highest BCUT2D eigenvalue weighted by Gasteiger charge is 2.14. The van der Waals surface area contributed by atoms with Crippen molar-refractivity contribution in [3.05, 3.63) is 64.2 Å². The highest BCUT2D eigenvalue weighted by atomic mass is 35.5. The van der Waals surface area contributed by atoms with Gasteiger partial charge in [-0.25, -0.2) is 14.8 Å². The number of pyridine rings is 1. The van der Waals surface area contributed by atoms with Gasteiger partial charge in [0.2, 0.25) is 0 Å². The summed E-state index contributed by atoms with van der Waals surface area (Å²) in [6.07, 6.45) is 1.62. The molecule has 1 aromatic carbocycles. The van der Waals surface area contributed by atoms with Crippen LogP contribution in [0.15, 0.2) is 36.5 Å². The van der Waals surface area contributed by atoms with Gasteiger partial charge < -0.3 is 0 Å². The van der Waals surface area contributed by atoms with Crippen LogP contribution >= 0.6 is 11.6 Å². The minimum atomic E-state index is -0.315. The molecular formula is C13H13ClFN3. The third-order valence-corrected chi connectivity index (χ3v) is 3.00. The Hall–Kier alpha value is -1.49. The summed E-state index contributed by atoms with van der Waals surface area (Å²) < 4.78 is 13.6. The number of benzene rings is 1. The fourth-order valence-corrected chi connectivity index (χ4v) is 1.84. The summed E-state index contributed by atoms with van der Waals surface area (Å²) in [6.45, 7) is 1.72. The first kappa shape index (κ1) is 13.0. The predicted molar refractivity (Wildman–Crippen MR) is 69.6 cm³/mol. The van der Waals surface area contributed by atoms with Crippen LogP contribution in [0.25, 0.3) is 0 Å². The van der Waals surface area contributed by atoms with E-state index in [9.17, 15) is 4.39 Å². The third-order valence-electron chi connectivity index (χ3n) is 2.78. The molecule has 0 saturated heterocycles. The molecule has 0 aliphatic carbocycles. The van der Waals surface area contributed by atoms with E-state index in [1.165, 1.54) is 6.07 Å². The maximum Gasteiger partial charge on any atom is 0.129 e. The summed E-state index contributed by atoms with van der Waals surface area (Å²) in [4.78, 5) is 3.99. The molecule has 0 saturated carbocycles. The molecule has 0 spiro atoms. The fourth-order valence-electron chi connectivity index (χ4n) is 1.73. The Labute approximate surface area is 110 Å². The number of halogens is 2. The maximum absolute atomic E-state index is 13.6. The van der Waals surface area contributed by atoms with Crippen molar-refractivity contribution in [2.24, 2.45) is 5.84 Å². The van der Waals surface area contributed by atoms with Gasteiger partial charge in [0.15, 0.2) is 0 Å². The van der Waals surface area contributed by atoms with Gasteiger partial charge in [-0.3, -0.25) is 5.84 Å². The molecule has 0 radical (unpaired) electrons. The number of aryl methyl sites for hydroxylation is 1. The molecule has 94 valence electrons. The Morgan fingerprint density at radius 2 is 2.00 bits per heavy atom. The van der Waals surface area contributed by atoms with Crippen molar-refractivity contribution in [2.45, 2.75) is 13.0 Å². The lowest BCUT2D eigenvalue weighted by atomic mass is 9.99. The van der Waals surface area contributed by atoms with Crippen LogP contribution in [0.2, 0.25) is 5.15 Å². The molecule has 3 nitrogen and oxygen atoms in total. The van der Waals surface area contributed by atoms with Crippen molar-refractivity contribution < 1.29 is 4.39 Å². The maximum atomic E-state index is 13.6. The first-order valence-corrected chi connectivity index (χ1v) is 5.83. The molecule has 3 N–H and O–H groups in total. The van der Waals surface area contributed by atoms with Crippen molar-refractivity contribution in [3.63, 3.8) is 0 Å². The molecule has 1 atom stereocenters. The predicted octanol–water partition coefficient (Wildman–Crippen LogP) is 2.74. The van der Waals surface area contributed by atoms with Gasteiger partial charge in [0, 0.05) is 6.20 Å². The van der Waals surface area contributed by atoms with Crippen molar-refractivity contribution in [1.29, 1.82) is 0 Å². The second-order valence-corrected chi connectivity index (χ2v) is 4.41. The van der Waals surface area contributed by atoms with Crippen LogP contribution in [0.1, 0.15) is 22.7 Å². The lowest BCUT2D eigenvalue weighted by Crippen LogP contribution is -2.29. The lowest BCUT2D eigenvalue weighted by Gasteiger charge is -2.17. The number of rotatable bonds is 3. The monoisotopic (exact) mass is 265 g/mol. The molecule has 0 aliphatic rings. The summed E-state index contributed by atoms with van der Waals surface area (Å²) in [5.41, 5.74) is 4.82. The van der Waals surface area contributed by atoms with E-state index in [1.807, 2.05) is 6.07 Å². The summed E-state index contributed by atoms with van der Waals surface area (Å²) in [5, 5.41) is 0.407.